The van der Waals surface area contributed by atoms with Gasteiger partial charge in [0.15, 0.2) is 0 Å². The summed E-state index contributed by atoms with van der Waals surface area (Å²) in [4.78, 5) is 6.30. The minimum absolute atomic E-state index is 0.508. The molecule has 0 amide bonds. The number of ether oxygens (including phenoxy) is 1. The Kier molecular flexibility index (Phi) is 4.36. The number of benzene rings is 1. The highest BCUT2D eigenvalue weighted by atomic mass is 16.5. The lowest BCUT2D eigenvalue weighted by Crippen LogP contribution is -2.19. The van der Waals surface area contributed by atoms with Crippen molar-refractivity contribution in [2.45, 2.75) is 13.1 Å². The standard InChI is InChI=1S/C15H19N3O/c1-18(14-10-17-8-7-12(14)9-16)11-13-5-3-4-6-15(13)19-2/h3-8,10H,9,11,16H2,1-2H3. The van der Waals surface area contributed by atoms with Gasteiger partial charge in [0.25, 0.3) is 0 Å². The van der Waals surface area contributed by atoms with Gasteiger partial charge in [-0.05, 0) is 17.7 Å². The Morgan fingerprint density at radius 3 is 2.74 bits per heavy atom. The van der Waals surface area contributed by atoms with Crippen LogP contribution in [0.2, 0.25) is 0 Å². The molecule has 0 spiro atoms. The summed E-state index contributed by atoms with van der Waals surface area (Å²) < 4.78 is 5.37. The molecule has 0 radical (unpaired) electrons. The average Bonchev–Trinajstić information content (AvgIpc) is 2.47. The molecule has 4 heteroatoms. The second kappa shape index (κ2) is 6.20. The maximum Gasteiger partial charge on any atom is 0.123 e. The summed E-state index contributed by atoms with van der Waals surface area (Å²) in [6.45, 7) is 1.26. The molecule has 1 aromatic heterocycles. The monoisotopic (exact) mass is 257 g/mol. The van der Waals surface area contributed by atoms with E-state index in [0.717, 1.165) is 29.1 Å². The van der Waals surface area contributed by atoms with Gasteiger partial charge in [-0.15, -0.1) is 0 Å². The maximum absolute atomic E-state index is 5.76. The summed E-state index contributed by atoms with van der Waals surface area (Å²) in [5.74, 6) is 0.896. The normalized spacial score (nSPS) is 10.3. The number of para-hydroxylation sites is 1. The van der Waals surface area contributed by atoms with Crippen molar-refractivity contribution in [2.24, 2.45) is 5.73 Å². The fraction of sp³-hybridized carbons (Fsp3) is 0.267. The van der Waals surface area contributed by atoms with Crippen LogP contribution in [0.15, 0.2) is 42.7 Å². The van der Waals surface area contributed by atoms with Gasteiger partial charge in [0.05, 0.1) is 19.0 Å². The zero-order valence-corrected chi connectivity index (χ0v) is 11.3. The number of pyridine rings is 1. The molecule has 2 N–H and O–H groups in total. The molecule has 1 aromatic carbocycles. The van der Waals surface area contributed by atoms with Crippen molar-refractivity contribution in [3.8, 4) is 5.75 Å². The topological polar surface area (TPSA) is 51.4 Å². The first-order valence-corrected chi connectivity index (χ1v) is 6.22. The third-order valence-electron chi connectivity index (χ3n) is 3.12. The Morgan fingerprint density at radius 2 is 2.00 bits per heavy atom. The molecular weight excluding hydrogens is 238 g/mol. The van der Waals surface area contributed by atoms with Gasteiger partial charge >= 0.3 is 0 Å². The number of aromatic nitrogens is 1. The molecular formula is C15H19N3O. The Balaban J connectivity index is 2.23. The van der Waals surface area contributed by atoms with E-state index >= 15 is 0 Å². The van der Waals surface area contributed by atoms with Crippen molar-refractivity contribution in [1.82, 2.24) is 4.98 Å². The molecule has 2 rings (SSSR count). The van der Waals surface area contributed by atoms with Crippen molar-refractivity contribution in [3.05, 3.63) is 53.9 Å². The van der Waals surface area contributed by atoms with Crippen LogP contribution < -0.4 is 15.4 Å². The largest absolute Gasteiger partial charge is 0.496 e. The summed E-state index contributed by atoms with van der Waals surface area (Å²) in [5.41, 5.74) is 9.04. The quantitative estimate of drug-likeness (QED) is 0.892. The predicted octanol–water partition coefficient (Wildman–Crippen LogP) is 2.19. The molecule has 19 heavy (non-hydrogen) atoms. The van der Waals surface area contributed by atoms with Gasteiger partial charge < -0.3 is 15.4 Å². The van der Waals surface area contributed by atoms with E-state index in [4.69, 9.17) is 10.5 Å². The van der Waals surface area contributed by atoms with Crippen LogP contribution in [0.5, 0.6) is 5.75 Å². The van der Waals surface area contributed by atoms with E-state index in [-0.39, 0.29) is 0 Å². The Bertz CT molecular complexity index is 542. The van der Waals surface area contributed by atoms with Crippen LogP contribution >= 0.6 is 0 Å². The molecule has 0 fully saturated rings. The summed E-state index contributed by atoms with van der Waals surface area (Å²) in [5, 5.41) is 0. The summed E-state index contributed by atoms with van der Waals surface area (Å²) in [6.07, 6.45) is 3.61. The van der Waals surface area contributed by atoms with Crippen LogP contribution in [0.25, 0.3) is 0 Å². The van der Waals surface area contributed by atoms with Gasteiger partial charge in [0.1, 0.15) is 5.75 Å². The molecule has 2 aromatic rings. The van der Waals surface area contributed by atoms with E-state index in [1.165, 1.54) is 0 Å². The lowest BCUT2D eigenvalue weighted by molar-refractivity contribution is 0.409. The van der Waals surface area contributed by atoms with Crippen LogP contribution in [-0.4, -0.2) is 19.1 Å². The molecule has 0 aliphatic carbocycles. The highest BCUT2D eigenvalue weighted by Gasteiger charge is 2.09. The van der Waals surface area contributed by atoms with Crippen LogP contribution in [0.3, 0.4) is 0 Å². The van der Waals surface area contributed by atoms with Crippen molar-refractivity contribution >= 4 is 5.69 Å². The summed E-state index contributed by atoms with van der Waals surface area (Å²) >= 11 is 0. The lowest BCUT2D eigenvalue weighted by atomic mass is 10.1. The third kappa shape index (κ3) is 3.03. The first-order chi connectivity index (χ1) is 9.26. The molecule has 0 unspecified atom stereocenters. The van der Waals surface area contributed by atoms with E-state index in [2.05, 4.69) is 16.0 Å². The molecule has 0 aliphatic rings. The number of nitrogens with two attached hydrogens (primary N) is 1. The SMILES string of the molecule is COc1ccccc1CN(C)c1cnccc1CN. The first-order valence-electron chi connectivity index (χ1n) is 6.22. The molecule has 0 atom stereocenters. The van der Waals surface area contributed by atoms with E-state index in [1.807, 2.05) is 37.5 Å². The van der Waals surface area contributed by atoms with E-state index in [0.29, 0.717) is 6.54 Å². The number of rotatable bonds is 5. The van der Waals surface area contributed by atoms with Gasteiger partial charge in [-0.25, -0.2) is 0 Å². The molecule has 1 heterocycles. The Labute approximate surface area is 113 Å². The number of hydrogen-bond donors (Lipinski definition) is 1. The smallest absolute Gasteiger partial charge is 0.123 e. The van der Waals surface area contributed by atoms with Crippen LogP contribution in [0.1, 0.15) is 11.1 Å². The molecule has 0 bridgehead atoms. The van der Waals surface area contributed by atoms with E-state index in [1.54, 1.807) is 13.3 Å². The molecule has 0 saturated heterocycles. The Hall–Kier alpha value is -2.07. The zero-order valence-electron chi connectivity index (χ0n) is 11.3. The average molecular weight is 257 g/mol. The van der Waals surface area contributed by atoms with Crippen LogP contribution in [0, 0.1) is 0 Å². The fourth-order valence-corrected chi connectivity index (χ4v) is 2.11. The summed E-state index contributed by atoms with van der Waals surface area (Å²) in [6, 6.07) is 9.97. The van der Waals surface area contributed by atoms with Crippen LogP contribution in [0.4, 0.5) is 5.69 Å². The van der Waals surface area contributed by atoms with Gasteiger partial charge in [0.2, 0.25) is 0 Å². The number of methoxy groups -OCH3 is 1. The molecule has 4 nitrogen and oxygen atoms in total. The Morgan fingerprint density at radius 1 is 1.21 bits per heavy atom. The third-order valence-corrected chi connectivity index (χ3v) is 3.12. The second-order valence-corrected chi connectivity index (χ2v) is 4.38. The van der Waals surface area contributed by atoms with E-state index in [9.17, 15) is 0 Å². The highest BCUT2D eigenvalue weighted by Crippen LogP contribution is 2.23. The molecule has 0 saturated carbocycles. The number of anilines is 1. The van der Waals surface area contributed by atoms with E-state index < -0.39 is 0 Å². The van der Waals surface area contributed by atoms with Crippen molar-refractivity contribution in [1.29, 1.82) is 0 Å². The minimum atomic E-state index is 0.508. The van der Waals surface area contributed by atoms with Gasteiger partial charge in [-0.2, -0.15) is 0 Å². The van der Waals surface area contributed by atoms with Crippen molar-refractivity contribution in [3.63, 3.8) is 0 Å². The fourth-order valence-electron chi connectivity index (χ4n) is 2.11. The first kappa shape index (κ1) is 13.4. The van der Waals surface area contributed by atoms with Gasteiger partial charge in [-0.3, -0.25) is 4.98 Å². The van der Waals surface area contributed by atoms with Crippen LogP contribution in [-0.2, 0) is 13.1 Å². The van der Waals surface area contributed by atoms with Crippen molar-refractivity contribution in [2.75, 3.05) is 19.1 Å². The lowest BCUT2D eigenvalue weighted by Gasteiger charge is -2.22. The molecule has 100 valence electrons. The van der Waals surface area contributed by atoms with Gasteiger partial charge in [-0.1, -0.05) is 18.2 Å². The minimum Gasteiger partial charge on any atom is -0.496 e. The zero-order chi connectivity index (χ0) is 13.7. The van der Waals surface area contributed by atoms with Crippen molar-refractivity contribution < 1.29 is 4.74 Å². The highest BCUT2D eigenvalue weighted by molar-refractivity contribution is 5.52. The maximum atomic E-state index is 5.76. The summed E-state index contributed by atoms with van der Waals surface area (Å²) in [7, 11) is 3.72. The molecule has 0 aliphatic heterocycles. The second-order valence-electron chi connectivity index (χ2n) is 4.38. The predicted molar refractivity (Wildman–Crippen MR) is 77.2 cm³/mol. The number of nitrogens with zero attached hydrogens (tertiary/aromatic N) is 2. The van der Waals surface area contributed by atoms with Gasteiger partial charge in [0, 0.05) is 31.9 Å². The number of hydrogen-bond acceptors (Lipinski definition) is 4.